The molecule has 1 aliphatic rings. The van der Waals surface area contributed by atoms with Gasteiger partial charge in [-0.1, -0.05) is 36.4 Å². The van der Waals surface area contributed by atoms with Gasteiger partial charge < -0.3 is 20.5 Å². The van der Waals surface area contributed by atoms with Gasteiger partial charge in [0.05, 0.1) is 6.61 Å². The van der Waals surface area contributed by atoms with E-state index < -0.39 is 0 Å². The fourth-order valence-corrected chi connectivity index (χ4v) is 2.82. The van der Waals surface area contributed by atoms with E-state index in [1.165, 1.54) is 6.07 Å². The topological polar surface area (TPSA) is 70.6 Å². The first-order valence-electron chi connectivity index (χ1n) is 8.29. The zero-order valence-electron chi connectivity index (χ0n) is 13.7. The van der Waals surface area contributed by atoms with E-state index in [0.717, 1.165) is 12.0 Å². The third kappa shape index (κ3) is 4.48. The van der Waals surface area contributed by atoms with Crippen molar-refractivity contribution in [2.45, 2.75) is 24.9 Å². The fraction of sp³-hybridized carbons (Fsp3) is 0.316. The van der Waals surface area contributed by atoms with E-state index in [1.807, 2.05) is 18.2 Å². The molecule has 3 rings (SSSR count). The molecule has 0 bridgehead atoms. The lowest BCUT2D eigenvalue weighted by Crippen LogP contribution is -2.37. The summed E-state index contributed by atoms with van der Waals surface area (Å²) in [5.41, 5.74) is 1.48. The van der Waals surface area contributed by atoms with Crippen LogP contribution in [0.4, 0.5) is 9.18 Å². The van der Waals surface area contributed by atoms with E-state index >= 15 is 0 Å². The normalized spacial score (nSPS) is 18.5. The van der Waals surface area contributed by atoms with Gasteiger partial charge >= 0.3 is 6.03 Å². The highest BCUT2D eigenvalue weighted by Crippen LogP contribution is 2.41. The molecule has 0 heterocycles. The standard InChI is InChI=1S/C19H21FN2O3/c20-16-7-3-2-6-14(16)15-11-17(15)22-19(24)21-12-13-5-1-4-8-18(13)25-10-9-23/h1-8,15,17,23H,9-12H2,(H2,21,22,24). The molecule has 0 spiro atoms. The molecular weight excluding hydrogens is 323 g/mol. The third-order valence-electron chi connectivity index (χ3n) is 4.17. The van der Waals surface area contributed by atoms with E-state index in [1.54, 1.807) is 24.3 Å². The van der Waals surface area contributed by atoms with Crippen LogP contribution in [-0.4, -0.2) is 30.4 Å². The number of aliphatic hydroxyl groups excluding tert-OH is 1. The predicted molar refractivity (Wildman–Crippen MR) is 91.9 cm³/mol. The lowest BCUT2D eigenvalue weighted by Gasteiger charge is -2.12. The Morgan fingerprint density at radius 1 is 1.20 bits per heavy atom. The summed E-state index contributed by atoms with van der Waals surface area (Å²) in [6.45, 7) is 0.446. The molecule has 2 aromatic rings. The number of carbonyl (C=O) groups excluding carboxylic acids is 1. The minimum Gasteiger partial charge on any atom is -0.491 e. The molecule has 0 aromatic heterocycles. The third-order valence-corrected chi connectivity index (χ3v) is 4.17. The van der Waals surface area contributed by atoms with E-state index in [0.29, 0.717) is 17.9 Å². The predicted octanol–water partition coefficient (Wildman–Crippen LogP) is 2.55. The molecule has 1 saturated carbocycles. The van der Waals surface area contributed by atoms with Crippen molar-refractivity contribution >= 4 is 6.03 Å². The number of carbonyl (C=O) groups is 1. The van der Waals surface area contributed by atoms with Crippen LogP contribution in [0.5, 0.6) is 5.75 Å². The molecular formula is C19H21FN2O3. The Kier molecular flexibility index (Phi) is 5.50. The largest absolute Gasteiger partial charge is 0.491 e. The van der Waals surface area contributed by atoms with E-state index in [-0.39, 0.29) is 37.0 Å². The lowest BCUT2D eigenvalue weighted by molar-refractivity contribution is 0.200. The van der Waals surface area contributed by atoms with E-state index in [9.17, 15) is 9.18 Å². The highest BCUT2D eigenvalue weighted by molar-refractivity contribution is 5.75. The van der Waals surface area contributed by atoms with Crippen molar-refractivity contribution in [3.05, 3.63) is 65.5 Å². The minimum atomic E-state index is -0.291. The van der Waals surface area contributed by atoms with Crippen molar-refractivity contribution in [1.82, 2.24) is 10.6 Å². The molecule has 1 aliphatic carbocycles. The number of aliphatic hydroxyl groups is 1. The number of halogens is 1. The Morgan fingerprint density at radius 2 is 1.96 bits per heavy atom. The van der Waals surface area contributed by atoms with Crippen molar-refractivity contribution < 1.29 is 19.0 Å². The number of urea groups is 1. The van der Waals surface area contributed by atoms with Gasteiger partial charge in [-0.3, -0.25) is 0 Å². The van der Waals surface area contributed by atoms with Crippen LogP contribution in [0.1, 0.15) is 23.5 Å². The second kappa shape index (κ2) is 7.98. The van der Waals surface area contributed by atoms with Crippen molar-refractivity contribution in [2.75, 3.05) is 13.2 Å². The van der Waals surface area contributed by atoms with Gasteiger partial charge in [-0.25, -0.2) is 9.18 Å². The molecule has 25 heavy (non-hydrogen) atoms. The molecule has 2 unspecified atom stereocenters. The number of rotatable bonds is 7. The average Bonchev–Trinajstić information content (AvgIpc) is 3.38. The van der Waals surface area contributed by atoms with Gasteiger partial charge in [0.15, 0.2) is 0 Å². The maximum absolute atomic E-state index is 13.7. The molecule has 1 fully saturated rings. The van der Waals surface area contributed by atoms with Gasteiger partial charge in [-0.2, -0.15) is 0 Å². The highest BCUT2D eigenvalue weighted by atomic mass is 19.1. The Hall–Kier alpha value is -2.60. The van der Waals surface area contributed by atoms with Gasteiger partial charge in [0.25, 0.3) is 0 Å². The summed E-state index contributed by atoms with van der Waals surface area (Å²) in [4.78, 5) is 12.1. The van der Waals surface area contributed by atoms with E-state index in [2.05, 4.69) is 10.6 Å². The Labute approximate surface area is 145 Å². The summed E-state index contributed by atoms with van der Waals surface area (Å²) in [6, 6.07) is 13.7. The summed E-state index contributed by atoms with van der Waals surface area (Å²) in [5, 5.41) is 14.5. The van der Waals surface area contributed by atoms with Gasteiger partial charge in [-0.15, -0.1) is 0 Å². The van der Waals surface area contributed by atoms with Crippen LogP contribution >= 0.6 is 0 Å². The number of hydrogen-bond acceptors (Lipinski definition) is 3. The maximum Gasteiger partial charge on any atom is 0.315 e. The van der Waals surface area contributed by atoms with Crippen molar-refractivity contribution in [3.63, 3.8) is 0 Å². The molecule has 0 aliphatic heterocycles. The fourth-order valence-electron chi connectivity index (χ4n) is 2.82. The Balaban J connectivity index is 1.49. The van der Waals surface area contributed by atoms with Gasteiger partial charge in [0, 0.05) is 24.1 Å². The molecule has 0 radical (unpaired) electrons. The molecule has 6 heteroatoms. The van der Waals surface area contributed by atoms with Gasteiger partial charge in [0.1, 0.15) is 18.2 Å². The Morgan fingerprint density at radius 3 is 2.76 bits per heavy atom. The first-order chi connectivity index (χ1) is 12.2. The summed E-state index contributed by atoms with van der Waals surface area (Å²) in [6.07, 6.45) is 0.741. The minimum absolute atomic E-state index is 0.0344. The van der Waals surface area contributed by atoms with Crippen LogP contribution in [0.15, 0.2) is 48.5 Å². The molecule has 2 aromatic carbocycles. The Bertz CT molecular complexity index is 738. The molecule has 3 N–H and O–H groups in total. The smallest absolute Gasteiger partial charge is 0.315 e. The summed E-state index contributed by atoms with van der Waals surface area (Å²) >= 11 is 0. The summed E-state index contributed by atoms with van der Waals surface area (Å²) in [7, 11) is 0. The van der Waals surface area contributed by atoms with Crippen LogP contribution in [-0.2, 0) is 6.54 Å². The molecule has 2 amide bonds. The van der Waals surface area contributed by atoms with Crippen molar-refractivity contribution in [3.8, 4) is 5.75 Å². The zero-order valence-corrected chi connectivity index (χ0v) is 13.7. The van der Waals surface area contributed by atoms with Crippen LogP contribution in [0, 0.1) is 5.82 Å². The van der Waals surface area contributed by atoms with Crippen LogP contribution in [0.3, 0.4) is 0 Å². The first kappa shape index (κ1) is 17.2. The number of ether oxygens (including phenoxy) is 1. The van der Waals surface area contributed by atoms with Crippen LogP contribution < -0.4 is 15.4 Å². The van der Waals surface area contributed by atoms with E-state index in [4.69, 9.17) is 9.84 Å². The van der Waals surface area contributed by atoms with Gasteiger partial charge in [0.2, 0.25) is 0 Å². The number of hydrogen-bond donors (Lipinski definition) is 3. The second-order valence-corrected chi connectivity index (χ2v) is 5.98. The molecule has 132 valence electrons. The van der Waals surface area contributed by atoms with Crippen LogP contribution in [0.2, 0.25) is 0 Å². The van der Waals surface area contributed by atoms with Crippen molar-refractivity contribution in [1.29, 1.82) is 0 Å². The maximum atomic E-state index is 13.7. The van der Waals surface area contributed by atoms with Gasteiger partial charge in [-0.05, 0) is 24.1 Å². The second-order valence-electron chi connectivity index (χ2n) is 5.98. The quantitative estimate of drug-likeness (QED) is 0.723. The molecule has 2 atom stereocenters. The van der Waals surface area contributed by atoms with Crippen molar-refractivity contribution in [2.24, 2.45) is 0 Å². The molecule has 5 nitrogen and oxygen atoms in total. The highest BCUT2D eigenvalue weighted by Gasteiger charge is 2.40. The number of nitrogens with one attached hydrogen (secondary N) is 2. The first-order valence-corrected chi connectivity index (χ1v) is 8.29. The average molecular weight is 344 g/mol. The number of benzene rings is 2. The zero-order chi connectivity index (χ0) is 17.6. The summed E-state index contributed by atoms with van der Waals surface area (Å²) < 4.78 is 19.2. The molecule has 0 saturated heterocycles. The lowest BCUT2D eigenvalue weighted by atomic mass is 10.1. The number of amides is 2. The van der Waals surface area contributed by atoms with Crippen LogP contribution in [0.25, 0.3) is 0 Å². The number of para-hydroxylation sites is 1. The summed E-state index contributed by atoms with van der Waals surface area (Å²) in [5.74, 6) is 0.437. The SMILES string of the molecule is O=C(NCc1ccccc1OCCO)NC1CC1c1ccccc1F. The monoisotopic (exact) mass is 344 g/mol.